The van der Waals surface area contributed by atoms with Crippen LogP contribution in [0.1, 0.15) is 100 Å². The van der Waals surface area contributed by atoms with Gasteiger partial charge < -0.3 is 59.1 Å². The van der Waals surface area contributed by atoms with Gasteiger partial charge in [0, 0.05) is 23.5 Å². The third kappa shape index (κ3) is 6.44. The standard InChI is InChI=1S/C42H64O14/c1-19(2)9-11-23-21-17-52-38(50)42(8)22(28(21)35(49)54-23)10-12-26-40(6)15-14-27(39(4,5)25(40)13-16-41(26,42)7)56-37-34(48)32(46)30(44)24(55-37)18-51-36-33(47)31(45)29(43)20(3)53-36/h9,20,22-27,29-34,36-37,43-48H,10-18H2,1-8H3/t20-,22+,23+,24+,25?,26?,27-,29-,30+,31+,32-,33+,34+,36+,37-,40-,41+,42-/m0/s1. The molecule has 5 fully saturated rings. The van der Waals surface area contributed by atoms with Crippen molar-refractivity contribution in [2.24, 2.45) is 39.4 Å². The van der Waals surface area contributed by atoms with Crippen molar-refractivity contribution in [3.63, 3.8) is 0 Å². The predicted octanol–water partition coefficient (Wildman–Crippen LogP) is 2.43. The summed E-state index contributed by atoms with van der Waals surface area (Å²) in [5.74, 6) is -0.584. The fourth-order valence-corrected chi connectivity index (χ4v) is 12.5. The summed E-state index contributed by atoms with van der Waals surface area (Å²) >= 11 is 0. The van der Waals surface area contributed by atoms with E-state index in [1.165, 1.54) is 6.92 Å². The molecule has 18 atom stereocenters. The molecule has 7 aliphatic rings. The minimum Gasteiger partial charge on any atom is -0.461 e. The molecule has 0 aromatic carbocycles. The van der Waals surface area contributed by atoms with Crippen molar-refractivity contribution in [1.29, 1.82) is 0 Å². The van der Waals surface area contributed by atoms with Crippen LogP contribution in [0, 0.1) is 39.4 Å². The largest absolute Gasteiger partial charge is 0.461 e. The van der Waals surface area contributed by atoms with E-state index in [1.54, 1.807) is 0 Å². The Balaban J connectivity index is 1.08. The summed E-state index contributed by atoms with van der Waals surface area (Å²) in [5, 5.41) is 63.5. The Labute approximate surface area is 329 Å². The zero-order valence-corrected chi connectivity index (χ0v) is 34.1. The molecule has 14 nitrogen and oxygen atoms in total. The molecule has 4 heterocycles. The first-order valence-corrected chi connectivity index (χ1v) is 20.6. The summed E-state index contributed by atoms with van der Waals surface area (Å²) in [4.78, 5) is 28.0. The van der Waals surface area contributed by atoms with Crippen LogP contribution in [0.5, 0.6) is 0 Å². The number of aliphatic hydroxyl groups is 6. The highest BCUT2D eigenvalue weighted by atomic mass is 16.7. The van der Waals surface area contributed by atoms with Gasteiger partial charge in [-0.3, -0.25) is 4.79 Å². The lowest BCUT2D eigenvalue weighted by atomic mass is 9.35. The molecule has 0 bridgehead atoms. The van der Waals surface area contributed by atoms with E-state index in [0.29, 0.717) is 24.8 Å². The molecule has 2 saturated heterocycles. The van der Waals surface area contributed by atoms with Crippen molar-refractivity contribution in [2.75, 3.05) is 13.2 Å². The van der Waals surface area contributed by atoms with Crippen molar-refractivity contribution in [3.05, 3.63) is 22.8 Å². The topological polar surface area (TPSA) is 211 Å². The SMILES string of the molecule is CC(C)=CC[C@H]1OC(=O)C2=C1COC(=O)[C@]1(C)[C@@H]2CCC2[C@@]3(C)CC[C@H](O[C@@H]4O[C@H](CO[C@@H]5O[C@@H](C)[C@H](O)[C@@H](O)[C@H]5O)[C@@H](O)[C@H](O)[C@H]4O)C(C)(C)C3CC[C@]21C. The third-order valence-electron chi connectivity index (χ3n) is 15.9. The predicted molar refractivity (Wildman–Crippen MR) is 198 cm³/mol. The third-order valence-corrected chi connectivity index (χ3v) is 15.9. The lowest BCUT2D eigenvalue weighted by Crippen LogP contribution is -2.67. The second kappa shape index (κ2) is 14.9. The first-order chi connectivity index (χ1) is 26.2. The van der Waals surface area contributed by atoms with Crippen molar-refractivity contribution < 1.29 is 68.6 Å². The minimum absolute atomic E-state index is 0.0660. The van der Waals surface area contributed by atoms with Gasteiger partial charge >= 0.3 is 11.9 Å². The van der Waals surface area contributed by atoms with Gasteiger partial charge in [-0.2, -0.15) is 0 Å². The van der Waals surface area contributed by atoms with Crippen LogP contribution in [-0.2, 0) is 38.0 Å². The Kier molecular flexibility index (Phi) is 11.2. The molecule has 0 aromatic heterocycles. The Morgan fingerprint density at radius 2 is 1.48 bits per heavy atom. The van der Waals surface area contributed by atoms with Crippen molar-refractivity contribution >= 4 is 11.9 Å². The van der Waals surface area contributed by atoms with E-state index in [-0.39, 0.29) is 48.3 Å². The highest BCUT2D eigenvalue weighted by Crippen LogP contribution is 2.73. The lowest BCUT2D eigenvalue weighted by Gasteiger charge is -2.69. The molecule has 0 spiro atoms. The molecule has 6 N–H and O–H groups in total. The average molecular weight is 793 g/mol. The van der Waals surface area contributed by atoms with E-state index in [4.69, 9.17) is 28.4 Å². The van der Waals surface area contributed by atoms with Crippen LogP contribution < -0.4 is 0 Å². The first-order valence-electron chi connectivity index (χ1n) is 20.6. The molecule has 0 amide bonds. The van der Waals surface area contributed by atoms with Crippen LogP contribution in [0.25, 0.3) is 0 Å². The van der Waals surface area contributed by atoms with E-state index < -0.39 is 89.9 Å². The van der Waals surface area contributed by atoms with Crippen molar-refractivity contribution in [2.45, 2.75) is 174 Å². The maximum absolute atomic E-state index is 14.3. The molecule has 0 aromatic rings. The molecule has 3 aliphatic carbocycles. The second-order valence-corrected chi connectivity index (χ2v) is 19.3. The van der Waals surface area contributed by atoms with E-state index >= 15 is 0 Å². The Bertz CT molecular complexity index is 1590. The number of hydrogen-bond acceptors (Lipinski definition) is 14. The van der Waals surface area contributed by atoms with E-state index in [2.05, 4.69) is 33.8 Å². The monoisotopic (exact) mass is 792 g/mol. The van der Waals surface area contributed by atoms with Gasteiger partial charge in [0.15, 0.2) is 12.6 Å². The Hall–Kier alpha value is -1.98. The number of cyclic esters (lactones) is 2. The molecule has 316 valence electrons. The zero-order chi connectivity index (χ0) is 40.9. The van der Waals surface area contributed by atoms with Crippen LogP contribution in [0.4, 0.5) is 0 Å². The van der Waals surface area contributed by atoms with Gasteiger partial charge in [-0.15, -0.1) is 0 Å². The van der Waals surface area contributed by atoms with Crippen molar-refractivity contribution in [1.82, 2.24) is 0 Å². The van der Waals surface area contributed by atoms with Crippen LogP contribution in [0.3, 0.4) is 0 Å². The number of fused-ring (bicyclic) bond motifs is 6. The van der Waals surface area contributed by atoms with Gasteiger partial charge in [-0.25, -0.2) is 4.79 Å². The highest BCUT2D eigenvalue weighted by Gasteiger charge is 2.71. The summed E-state index contributed by atoms with van der Waals surface area (Å²) in [7, 11) is 0. The van der Waals surface area contributed by atoms with Gasteiger partial charge in [0.05, 0.1) is 24.2 Å². The molecule has 0 radical (unpaired) electrons. The fraction of sp³-hybridized carbons (Fsp3) is 0.857. The molecule has 14 heteroatoms. The first kappa shape index (κ1) is 42.2. The number of rotatable bonds is 7. The van der Waals surface area contributed by atoms with Gasteiger partial charge in [-0.05, 0) is 94.3 Å². The van der Waals surface area contributed by atoms with Crippen LogP contribution in [0.15, 0.2) is 22.8 Å². The summed E-state index contributed by atoms with van der Waals surface area (Å²) < 4.78 is 35.9. The lowest BCUT2D eigenvalue weighted by molar-refractivity contribution is -0.344. The van der Waals surface area contributed by atoms with Gasteiger partial charge in [0.25, 0.3) is 0 Å². The van der Waals surface area contributed by atoms with Crippen LogP contribution in [0.2, 0.25) is 0 Å². The maximum Gasteiger partial charge on any atom is 0.335 e. The van der Waals surface area contributed by atoms with Crippen LogP contribution in [-0.4, -0.2) is 129 Å². The minimum atomic E-state index is -1.62. The summed E-state index contributed by atoms with van der Waals surface area (Å²) in [6.07, 6.45) is -7.58. The van der Waals surface area contributed by atoms with Crippen molar-refractivity contribution in [3.8, 4) is 0 Å². The quantitative estimate of drug-likeness (QED) is 0.124. The number of carbonyl (C=O) groups is 2. The molecule has 56 heavy (non-hydrogen) atoms. The molecular weight excluding hydrogens is 728 g/mol. The summed E-state index contributed by atoms with van der Waals surface area (Å²) in [6.45, 7) is 16.2. The number of hydrogen-bond donors (Lipinski definition) is 6. The Morgan fingerprint density at radius 1 is 0.804 bits per heavy atom. The molecular formula is C42H64O14. The van der Waals surface area contributed by atoms with Gasteiger partial charge in [0.1, 0.15) is 55.4 Å². The maximum atomic E-state index is 14.3. The molecule has 7 rings (SSSR count). The second-order valence-electron chi connectivity index (χ2n) is 19.3. The number of aliphatic hydroxyl groups excluding tert-OH is 6. The normalized spacial score (nSPS) is 50.1. The number of esters is 2. The Morgan fingerprint density at radius 3 is 2.18 bits per heavy atom. The zero-order valence-electron chi connectivity index (χ0n) is 34.1. The van der Waals surface area contributed by atoms with E-state index in [9.17, 15) is 40.2 Å². The highest BCUT2D eigenvalue weighted by molar-refractivity contribution is 5.95. The number of carbonyl (C=O) groups excluding carboxylic acids is 2. The fourth-order valence-electron chi connectivity index (χ4n) is 12.5. The summed E-state index contributed by atoms with van der Waals surface area (Å²) in [5.41, 5.74) is 0.525. The van der Waals surface area contributed by atoms with Gasteiger partial charge in [-0.1, -0.05) is 39.3 Å². The van der Waals surface area contributed by atoms with E-state index in [1.807, 2.05) is 20.8 Å². The molecule has 3 saturated carbocycles. The average Bonchev–Trinajstić information content (AvgIpc) is 3.39. The van der Waals surface area contributed by atoms with Crippen LogP contribution >= 0.6 is 0 Å². The number of ether oxygens (including phenoxy) is 6. The smallest absolute Gasteiger partial charge is 0.335 e. The summed E-state index contributed by atoms with van der Waals surface area (Å²) in [6, 6.07) is 0. The molecule has 4 aliphatic heterocycles. The van der Waals surface area contributed by atoms with E-state index in [0.717, 1.165) is 36.8 Å². The molecule has 2 unspecified atom stereocenters. The number of allylic oxidation sites excluding steroid dienone is 1. The van der Waals surface area contributed by atoms with Gasteiger partial charge in [0.2, 0.25) is 0 Å².